The van der Waals surface area contributed by atoms with Gasteiger partial charge >= 0.3 is 6.18 Å². The Morgan fingerprint density at radius 1 is 1.08 bits per heavy atom. The molecule has 0 radical (unpaired) electrons. The molecule has 1 N–H and O–H groups in total. The number of nitrogens with zero attached hydrogens (tertiary/aromatic N) is 5. The van der Waals surface area contributed by atoms with Crippen LogP contribution in [0, 0.1) is 0 Å². The molecule has 0 saturated carbocycles. The highest BCUT2D eigenvalue weighted by atomic mass is 32.2. The molecular formula is C24H27F3N6O2S. The molecule has 3 rings (SSSR count). The van der Waals surface area contributed by atoms with Gasteiger partial charge < -0.3 is 10.2 Å². The second kappa shape index (κ2) is 10.5. The molecule has 1 atom stereocenters. The standard InChI is InChI=1S/C24H27F3N6O2S/c1-32(2)22(34)17-8-11-18(12-9-17)30-23-29-15-19(24(25,26)27)20(31-23)13-10-16-7-6-14-28-21(16)33(3)36(4,5)35/h6-9,11-12,14-15H,4,10,13H2,1-3,5H3,(H,29,30,31). The molecule has 192 valence electrons. The first-order valence-corrected chi connectivity index (χ1v) is 12.9. The van der Waals surface area contributed by atoms with Gasteiger partial charge in [0.05, 0.1) is 11.3 Å². The zero-order valence-electron chi connectivity index (χ0n) is 20.3. The Hall–Kier alpha value is -3.67. The number of halogens is 3. The molecule has 0 aliphatic carbocycles. The average Bonchev–Trinajstić information content (AvgIpc) is 2.81. The Bertz CT molecular complexity index is 1340. The van der Waals surface area contributed by atoms with Crippen molar-refractivity contribution in [2.75, 3.05) is 37.0 Å². The fourth-order valence-electron chi connectivity index (χ4n) is 3.33. The lowest BCUT2D eigenvalue weighted by atomic mass is 10.1. The second-order valence-electron chi connectivity index (χ2n) is 8.40. The Morgan fingerprint density at radius 2 is 1.75 bits per heavy atom. The summed E-state index contributed by atoms with van der Waals surface area (Å²) in [7, 11) is 2.23. The number of nitrogens with one attached hydrogen (secondary N) is 1. The van der Waals surface area contributed by atoms with Crippen LogP contribution in [0.1, 0.15) is 27.2 Å². The van der Waals surface area contributed by atoms with Crippen LogP contribution >= 0.6 is 0 Å². The number of rotatable bonds is 8. The van der Waals surface area contributed by atoms with E-state index in [0.717, 1.165) is 6.20 Å². The third-order valence-electron chi connectivity index (χ3n) is 5.34. The minimum atomic E-state index is -4.64. The van der Waals surface area contributed by atoms with Crippen molar-refractivity contribution in [3.63, 3.8) is 0 Å². The van der Waals surface area contributed by atoms with Crippen LogP contribution in [0.5, 0.6) is 0 Å². The first-order chi connectivity index (χ1) is 16.8. The summed E-state index contributed by atoms with van der Waals surface area (Å²) in [5.41, 5.74) is 0.468. The van der Waals surface area contributed by atoms with E-state index in [0.29, 0.717) is 22.6 Å². The highest BCUT2D eigenvalue weighted by Crippen LogP contribution is 2.32. The molecule has 36 heavy (non-hydrogen) atoms. The molecule has 2 heterocycles. The number of benzene rings is 1. The fourth-order valence-corrected chi connectivity index (χ4v) is 3.86. The van der Waals surface area contributed by atoms with Gasteiger partial charge in [0, 0.05) is 60.8 Å². The van der Waals surface area contributed by atoms with Crippen LogP contribution in [0.2, 0.25) is 0 Å². The van der Waals surface area contributed by atoms with Gasteiger partial charge in [-0.05, 0) is 54.6 Å². The molecule has 0 saturated heterocycles. The largest absolute Gasteiger partial charge is 0.419 e. The van der Waals surface area contributed by atoms with E-state index in [1.165, 1.54) is 21.7 Å². The Kier molecular flexibility index (Phi) is 7.87. The van der Waals surface area contributed by atoms with Gasteiger partial charge in [-0.15, -0.1) is 0 Å². The van der Waals surface area contributed by atoms with Crippen molar-refractivity contribution in [3.05, 3.63) is 71.2 Å². The Balaban J connectivity index is 1.87. The molecule has 1 amide bonds. The van der Waals surface area contributed by atoms with Crippen molar-refractivity contribution in [2.45, 2.75) is 19.0 Å². The number of alkyl halides is 3. The van der Waals surface area contributed by atoms with Crippen molar-refractivity contribution < 1.29 is 22.2 Å². The predicted octanol–water partition coefficient (Wildman–Crippen LogP) is 3.82. The molecule has 2 aromatic heterocycles. The molecule has 0 fully saturated rings. The number of aromatic nitrogens is 3. The summed E-state index contributed by atoms with van der Waals surface area (Å²) in [6.07, 6.45) is -0.799. The van der Waals surface area contributed by atoms with Gasteiger partial charge in [0.1, 0.15) is 5.82 Å². The van der Waals surface area contributed by atoms with Gasteiger partial charge in [0.25, 0.3) is 5.91 Å². The summed E-state index contributed by atoms with van der Waals surface area (Å²) in [5, 5.41) is 2.88. The third-order valence-corrected chi connectivity index (χ3v) is 6.68. The summed E-state index contributed by atoms with van der Waals surface area (Å²) >= 11 is 0. The van der Waals surface area contributed by atoms with Gasteiger partial charge in [0.15, 0.2) is 0 Å². The van der Waals surface area contributed by atoms with Crippen molar-refractivity contribution >= 4 is 38.9 Å². The lowest BCUT2D eigenvalue weighted by Gasteiger charge is -2.22. The number of aryl methyl sites for hydroxylation is 2. The minimum absolute atomic E-state index is 0.0115. The maximum absolute atomic E-state index is 13.7. The zero-order chi connectivity index (χ0) is 26.7. The van der Waals surface area contributed by atoms with E-state index in [-0.39, 0.29) is 30.4 Å². The van der Waals surface area contributed by atoms with Crippen molar-refractivity contribution in [3.8, 4) is 0 Å². The number of carbonyl (C=O) groups is 1. The molecular weight excluding hydrogens is 493 g/mol. The number of hydrogen-bond donors (Lipinski definition) is 1. The summed E-state index contributed by atoms with van der Waals surface area (Å²) in [4.78, 5) is 25.7. The van der Waals surface area contributed by atoms with E-state index in [4.69, 9.17) is 0 Å². The highest BCUT2D eigenvalue weighted by molar-refractivity contribution is 8.00. The normalized spacial score (nSPS) is 13.1. The Labute approximate surface area is 208 Å². The van der Waals surface area contributed by atoms with E-state index in [1.807, 2.05) is 0 Å². The highest BCUT2D eigenvalue weighted by Gasteiger charge is 2.35. The molecule has 3 aromatic rings. The first-order valence-electron chi connectivity index (χ1n) is 10.8. The predicted molar refractivity (Wildman–Crippen MR) is 136 cm³/mol. The van der Waals surface area contributed by atoms with Crippen molar-refractivity contribution in [2.24, 2.45) is 0 Å². The molecule has 12 heteroatoms. The molecule has 1 unspecified atom stereocenters. The van der Waals surface area contributed by atoms with Crippen LogP contribution in [-0.2, 0) is 28.7 Å². The van der Waals surface area contributed by atoms with Gasteiger partial charge in [-0.1, -0.05) is 6.07 Å². The zero-order valence-corrected chi connectivity index (χ0v) is 21.2. The van der Waals surface area contributed by atoms with Crippen LogP contribution in [0.3, 0.4) is 0 Å². The smallest absolute Gasteiger partial charge is 0.345 e. The van der Waals surface area contributed by atoms with Gasteiger partial charge in [-0.3, -0.25) is 9.10 Å². The van der Waals surface area contributed by atoms with Crippen LogP contribution in [0.15, 0.2) is 48.8 Å². The third kappa shape index (κ3) is 6.51. The number of carbonyl (C=O) groups excluding carboxylic acids is 1. The molecule has 0 spiro atoms. The van der Waals surface area contributed by atoms with E-state index < -0.39 is 21.4 Å². The van der Waals surface area contributed by atoms with E-state index >= 15 is 0 Å². The van der Waals surface area contributed by atoms with Crippen LogP contribution in [0.4, 0.5) is 30.6 Å². The average molecular weight is 521 g/mol. The minimum Gasteiger partial charge on any atom is -0.345 e. The summed E-state index contributed by atoms with van der Waals surface area (Å²) in [6, 6.07) is 9.82. The maximum Gasteiger partial charge on any atom is 0.419 e. The quantitative estimate of drug-likeness (QED) is 0.454. The van der Waals surface area contributed by atoms with Gasteiger partial charge in [-0.25, -0.2) is 19.2 Å². The van der Waals surface area contributed by atoms with Crippen molar-refractivity contribution in [1.29, 1.82) is 0 Å². The van der Waals surface area contributed by atoms with E-state index in [9.17, 15) is 22.2 Å². The number of amides is 1. The topological polar surface area (TPSA) is 91.3 Å². The van der Waals surface area contributed by atoms with Gasteiger partial charge in [0.2, 0.25) is 5.95 Å². The van der Waals surface area contributed by atoms with Gasteiger partial charge in [-0.2, -0.15) is 13.2 Å². The maximum atomic E-state index is 13.7. The summed E-state index contributed by atoms with van der Waals surface area (Å²) in [6.45, 7) is 0. The van der Waals surface area contributed by atoms with Crippen LogP contribution in [0.25, 0.3) is 0 Å². The molecule has 8 nitrogen and oxygen atoms in total. The van der Waals surface area contributed by atoms with E-state index in [1.54, 1.807) is 57.5 Å². The monoisotopic (exact) mass is 520 g/mol. The first kappa shape index (κ1) is 26.9. The molecule has 0 aliphatic heterocycles. The summed E-state index contributed by atoms with van der Waals surface area (Å²) in [5.74, 6) is 3.84. The number of pyridine rings is 1. The SMILES string of the molecule is C=S(C)(=O)N(C)c1ncccc1CCc1nc(Nc2ccc(C(=O)N(C)C)cc2)ncc1C(F)(F)F. The lowest BCUT2D eigenvalue weighted by molar-refractivity contribution is -0.138. The lowest BCUT2D eigenvalue weighted by Crippen LogP contribution is -2.26. The number of hydrogen-bond acceptors (Lipinski definition) is 6. The van der Waals surface area contributed by atoms with Crippen LogP contribution < -0.4 is 9.62 Å². The molecule has 0 aliphatic rings. The molecule has 1 aromatic carbocycles. The van der Waals surface area contributed by atoms with Crippen LogP contribution in [-0.4, -0.2) is 63.2 Å². The second-order valence-corrected chi connectivity index (χ2v) is 10.9. The molecule has 0 bridgehead atoms. The summed E-state index contributed by atoms with van der Waals surface area (Å²) < 4.78 is 54.8. The number of anilines is 3. The van der Waals surface area contributed by atoms with Crippen molar-refractivity contribution in [1.82, 2.24) is 19.9 Å². The Morgan fingerprint density at radius 3 is 2.33 bits per heavy atom. The fraction of sp³-hybridized carbons (Fsp3) is 0.292. The van der Waals surface area contributed by atoms with E-state index in [2.05, 4.69) is 26.1 Å².